The van der Waals surface area contributed by atoms with E-state index >= 15 is 0 Å². The summed E-state index contributed by atoms with van der Waals surface area (Å²) in [5, 5.41) is 3.78. The Hall–Kier alpha value is -2.91. The van der Waals surface area contributed by atoms with E-state index in [1.807, 2.05) is 30.3 Å². The van der Waals surface area contributed by atoms with Crippen LogP contribution in [-0.4, -0.2) is 37.4 Å². The zero-order chi connectivity index (χ0) is 22.4. The quantitative estimate of drug-likeness (QED) is 0.528. The predicted octanol–water partition coefficient (Wildman–Crippen LogP) is 4.22. The summed E-state index contributed by atoms with van der Waals surface area (Å²) < 4.78 is 28.1. The van der Waals surface area contributed by atoms with Crippen LogP contribution in [0.1, 0.15) is 25.7 Å². The molecule has 2 heterocycles. The highest BCUT2D eigenvalue weighted by molar-refractivity contribution is 8.00. The Kier molecular flexibility index (Phi) is 7.06. The molecule has 0 spiro atoms. The molecular weight excluding hydrogens is 444 g/mol. The number of fused-ring (bicyclic) bond motifs is 1. The second-order valence-electron chi connectivity index (χ2n) is 7.44. The average Bonchev–Trinajstić information content (AvgIpc) is 3.06. The number of sulfonamides is 1. The number of amides is 1. The van der Waals surface area contributed by atoms with Crippen LogP contribution in [0, 0.1) is 0 Å². The largest absolute Gasteiger partial charge is 0.325 e. The van der Waals surface area contributed by atoms with Crippen LogP contribution in [0.25, 0.3) is 10.9 Å². The summed E-state index contributed by atoms with van der Waals surface area (Å²) in [7, 11) is -3.76. The van der Waals surface area contributed by atoms with Crippen molar-refractivity contribution in [1.29, 1.82) is 0 Å². The lowest BCUT2D eigenvalue weighted by atomic mass is 10.2. The normalized spacial score (nSPS) is 14.4. The van der Waals surface area contributed by atoms with Gasteiger partial charge in [-0.3, -0.25) is 19.5 Å². The van der Waals surface area contributed by atoms with Gasteiger partial charge < -0.3 is 5.32 Å². The van der Waals surface area contributed by atoms with Gasteiger partial charge >= 0.3 is 0 Å². The van der Waals surface area contributed by atoms with Gasteiger partial charge in [0.2, 0.25) is 5.91 Å². The number of aliphatic imine (C=N–C) groups is 1. The standard InChI is InChI=1S/C23H24N4O3S2/c28-23(16-31-21-12-14-24-20-10-4-3-9-19(20)21)26-17-7-6-8-18(15-17)32(29,30)27-22-11-2-1-5-13-25-22/h3-4,6-10,12,14-15H,1-2,5,11,13,16H2,(H,25,27)(H,26,28). The van der Waals surface area contributed by atoms with Crippen molar-refractivity contribution in [3.63, 3.8) is 0 Å². The first kappa shape index (κ1) is 22.3. The van der Waals surface area contributed by atoms with Crippen LogP contribution in [0.15, 0.2) is 75.6 Å². The number of thioether (sulfide) groups is 1. The zero-order valence-corrected chi connectivity index (χ0v) is 19.1. The summed E-state index contributed by atoms with van der Waals surface area (Å²) in [6.07, 6.45) is 5.28. The van der Waals surface area contributed by atoms with E-state index in [0.29, 0.717) is 24.5 Å². The fraction of sp³-hybridized carbons (Fsp3) is 0.261. The molecular formula is C23H24N4O3S2. The third-order valence-electron chi connectivity index (χ3n) is 5.02. The summed E-state index contributed by atoms with van der Waals surface area (Å²) in [4.78, 5) is 22.2. The molecule has 1 aliphatic heterocycles. The topological polar surface area (TPSA) is 101 Å². The lowest BCUT2D eigenvalue weighted by Gasteiger charge is -2.11. The minimum Gasteiger partial charge on any atom is -0.325 e. The second kappa shape index (κ2) is 10.1. The van der Waals surface area contributed by atoms with Crippen molar-refractivity contribution in [3.05, 3.63) is 60.8 Å². The van der Waals surface area contributed by atoms with Crippen LogP contribution in [0.2, 0.25) is 0 Å². The Balaban J connectivity index is 1.41. The van der Waals surface area contributed by atoms with Gasteiger partial charge in [0.25, 0.3) is 10.0 Å². The highest BCUT2D eigenvalue weighted by Crippen LogP contribution is 2.26. The summed E-state index contributed by atoms with van der Waals surface area (Å²) in [5.41, 5.74) is 1.31. The van der Waals surface area contributed by atoms with E-state index in [-0.39, 0.29) is 16.6 Å². The van der Waals surface area contributed by atoms with Crippen molar-refractivity contribution in [2.75, 3.05) is 17.6 Å². The van der Waals surface area contributed by atoms with Crippen molar-refractivity contribution >= 4 is 50.1 Å². The Labute approximate surface area is 191 Å². The molecule has 2 N–H and O–H groups in total. The molecule has 0 atom stereocenters. The molecule has 0 radical (unpaired) electrons. The van der Waals surface area contributed by atoms with Gasteiger partial charge in [-0.1, -0.05) is 30.7 Å². The molecule has 0 aliphatic carbocycles. The second-order valence-corrected chi connectivity index (χ2v) is 10.1. The molecule has 0 saturated carbocycles. The van der Waals surface area contributed by atoms with Gasteiger partial charge in [0.05, 0.1) is 16.2 Å². The molecule has 0 bridgehead atoms. The summed E-state index contributed by atoms with van der Waals surface area (Å²) in [6.45, 7) is 0.637. The number of nitrogens with one attached hydrogen (secondary N) is 2. The van der Waals surface area contributed by atoms with Crippen LogP contribution >= 0.6 is 11.8 Å². The molecule has 0 fully saturated rings. The van der Waals surface area contributed by atoms with Gasteiger partial charge in [0.15, 0.2) is 0 Å². The maximum absolute atomic E-state index is 12.8. The Morgan fingerprint density at radius 2 is 1.91 bits per heavy atom. The Morgan fingerprint density at radius 1 is 1.03 bits per heavy atom. The van der Waals surface area contributed by atoms with E-state index in [0.717, 1.165) is 35.1 Å². The molecule has 0 saturated heterocycles. The van der Waals surface area contributed by atoms with Crippen molar-refractivity contribution < 1.29 is 13.2 Å². The molecule has 2 aromatic carbocycles. The van der Waals surface area contributed by atoms with Crippen LogP contribution in [0.3, 0.4) is 0 Å². The number of hydrogen-bond acceptors (Lipinski definition) is 6. The van der Waals surface area contributed by atoms with Crippen LogP contribution in [0.5, 0.6) is 0 Å². The summed E-state index contributed by atoms with van der Waals surface area (Å²) in [5.74, 6) is 0.476. The molecule has 1 amide bonds. The number of rotatable bonds is 6. The van der Waals surface area contributed by atoms with E-state index in [1.165, 1.54) is 23.9 Å². The van der Waals surface area contributed by atoms with Crippen molar-refractivity contribution in [2.24, 2.45) is 4.99 Å². The third-order valence-corrected chi connectivity index (χ3v) is 7.47. The van der Waals surface area contributed by atoms with Crippen LogP contribution < -0.4 is 10.0 Å². The first-order valence-electron chi connectivity index (χ1n) is 10.4. The minimum absolute atomic E-state index is 0.0926. The smallest absolute Gasteiger partial charge is 0.262 e. The Morgan fingerprint density at radius 3 is 2.81 bits per heavy atom. The van der Waals surface area contributed by atoms with Gasteiger partial charge in [-0.25, -0.2) is 8.42 Å². The molecule has 166 valence electrons. The van der Waals surface area contributed by atoms with Gasteiger partial charge in [-0.05, 0) is 43.2 Å². The minimum atomic E-state index is -3.76. The molecule has 1 aromatic heterocycles. The fourth-order valence-electron chi connectivity index (χ4n) is 3.45. The van der Waals surface area contributed by atoms with Crippen molar-refractivity contribution in [3.8, 4) is 0 Å². The van der Waals surface area contributed by atoms with Gasteiger partial charge in [-0.15, -0.1) is 11.8 Å². The number of amidine groups is 1. The first-order chi connectivity index (χ1) is 15.5. The average molecular weight is 469 g/mol. The molecule has 32 heavy (non-hydrogen) atoms. The molecule has 9 heteroatoms. The zero-order valence-electron chi connectivity index (χ0n) is 17.5. The molecule has 4 rings (SSSR count). The predicted molar refractivity (Wildman–Crippen MR) is 129 cm³/mol. The monoisotopic (exact) mass is 468 g/mol. The third kappa shape index (κ3) is 5.66. The maximum atomic E-state index is 12.8. The maximum Gasteiger partial charge on any atom is 0.262 e. The summed E-state index contributed by atoms with van der Waals surface area (Å²) in [6, 6.07) is 15.9. The van der Waals surface area contributed by atoms with Crippen LogP contribution in [0.4, 0.5) is 5.69 Å². The number of para-hydroxylation sites is 1. The summed E-state index contributed by atoms with van der Waals surface area (Å²) >= 11 is 1.41. The number of carbonyl (C=O) groups is 1. The van der Waals surface area contributed by atoms with Gasteiger partial charge in [0.1, 0.15) is 5.84 Å². The molecule has 3 aromatic rings. The number of nitrogens with zero attached hydrogens (tertiary/aromatic N) is 2. The van der Waals surface area contributed by atoms with Crippen molar-refractivity contribution in [1.82, 2.24) is 9.71 Å². The first-order valence-corrected chi connectivity index (χ1v) is 12.9. The van der Waals surface area contributed by atoms with E-state index in [2.05, 4.69) is 20.0 Å². The van der Waals surface area contributed by atoms with E-state index in [1.54, 1.807) is 18.3 Å². The lowest BCUT2D eigenvalue weighted by Crippen LogP contribution is -2.30. The number of pyridine rings is 1. The van der Waals surface area contributed by atoms with Crippen LogP contribution in [-0.2, 0) is 14.8 Å². The van der Waals surface area contributed by atoms with E-state index < -0.39 is 10.0 Å². The lowest BCUT2D eigenvalue weighted by molar-refractivity contribution is -0.113. The molecule has 1 aliphatic rings. The van der Waals surface area contributed by atoms with Gasteiger partial charge in [0, 0.05) is 35.1 Å². The van der Waals surface area contributed by atoms with Gasteiger partial charge in [-0.2, -0.15) is 0 Å². The number of anilines is 1. The SMILES string of the molecule is O=C(CSc1ccnc2ccccc12)Nc1cccc(S(=O)(=O)NC2=NCCCCC2)c1. The molecule has 0 unspecified atom stereocenters. The number of carbonyl (C=O) groups excluding carboxylic acids is 1. The number of aromatic nitrogens is 1. The number of benzene rings is 2. The highest BCUT2D eigenvalue weighted by atomic mass is 32.2. The number of hydrogen-bond donors (Lipinski definition) is 2. The Bertz CT molecular complexity index is 1250. The van der Waals surface area contributed by atoms with Crippen molar-refractivity contribution in [2.45, 2.75) is 35.5 Å². The highest BCUT2D eigenvalue weighted by Gasteiger charge is 2.18. The fourth-order valence-corrected chi connectivity index (χ4v) is 5.43. The van der Waals surface area contributed by atoms with E-state index in [9.17, 15) is 13.2 Å². The van der Waals surface area contributed by atoms with E-state index in [4.69, 9.17) is 0 Å². The molecule has 7 nitrogen and oxygen atoms in total.